The van der Waals surface area contributed by atoms with Crippen molar-refractivity contribution in [2.45, 2.75) is 19.8 Å². The highest BCUT2D eigenvalue weighted by Crippen LogP contribution is 2.38. The van der Waals surface area contributed by atoms with Gasteiger partial charge in [0.2, 0.25) is 0 Å². The number of carbonyl (C=O) groups is 1. The lowest BCUT2D eigenvalue weighted by atomic mass is 9.86. The van der Waals surface area contributed by atoms with Crippen LogP contribution in [0.15, 0.2) is 48.3 Å². The first-order chi connectivity index (χ1) is 12.5. The molecule has 6 nitrogen and oxygen atoms in total. The molecule has 0 radical (unpaired) electrons. The molecular formula is C20H24N4O2. The number of hydrogen-bond donors (Lipinski definition) is 5. The Kier molecular flexibility index (Phi) is 5.14. The molecule has 1 unspecified atom stereocenters. The minimum Gasteiger partial charge on any atom is -0.396 e. The fourth-order valence-electron chi connectivity index (χ4n) is 3.35. The number of aromatic amines is 1. The van der Waals surface area contributed by atoms with E-state index < -0.39 is 0 Å². The lowest BCUT2D eigenvalue weighted by Crippen LogP contribution is -2.22. The largest absolute Gasteiger partial charge is 0.396 e. The lowest BCUT2D eigenvalue weighted by Gasteiger charge is -2.20. The zero-order chi connectivity index (χ0) is 18.7. The number of rotatable bonds is 5. The van der Waals surface area contributed by atoms with Gasteiger partial charge in [-0.1, -0.05) is 24.3 Å². The van der Waals surface area contributed by atoms with Crippen LogP contribution in [0.25, 0.3) is 5.57 Å². The van der Waals surface area contributed by atoms with Gasteiger partial charge >= 0.3 is 0 Å². The molecule has 0 saturated heterocycles. The second-order valence-electron chi connectivity index (χ2n) is 6.49. The summed E-state index contributed by atoms with van der Waals surface area (Å²) < 4.78 is 0. The van der Waals surface area contributed by atoms with Crippen molar-refractivity contribution in [1.82, 2.24) is 4.98 Å². The number of para-hydroxylation sites is 1. The highest BCUT2D eigenvalue weighted by molar-refractivity contribution is 6.07. The Balaban J connectivity index is 2.14. The molecule has 1 aromatic carbocycles. The van der Waals surface area contributed by atoms with Crippen molar-refractivity contribution in [3.8, 4) is 0 Å². The number of nitrogens with two attached hydrogens (primary N) is 2. The number of H-pyrrole nitrogens is 1. The van der Waals surface area contributed by atoms with E-state index in [-0.39, 0.29) is 24.1 Å². The summed E-state index contributed by atoms with van der Waals surface area (Å²) in [5.74, 6) is 0.150. The van der Waals surface area contributed by atoms with Crippen LogP contribution in [0.1, 0.15) is 35.1 Å². The fourth-order valence-corrected chi connectivity index (χ4v) is 3.35. The molecule has 1 aliphatic rings. The molecule has 136 valence electrons. The second kappa shape index (κ2) is 7.49. The number of aliphatic hydroxyl groups is 1. The molecule has 1 aliphatic carbocycles. The molecule has 6 heteroatoms. The number of aliphatic hydroxyl groups excluding tert-OH is 1. The molecule has 2 aromatic rings. The normalized spacial score (nSPS) is 16.9. The first-order valence-corrected chi connectivity index (χ1v) is 8.63. The van der Waals surface area contributed by atoms with Crippen LogP contribution in [0.3, 0.4) is 0 Å². The van der Waals surface area contributed by atoms with Gasteiger partial charge in [-0.2, -0.15) is 0 Å². The van der Waals surface area contributed by atoms with Gasteiger partial charge in [0, 0.05) is 24.4 Å². The van der Waals surface area contributed by atoms with E-state index in [2.05, 4.69) is 10.3 Å². The summed E-state index contributed by atoms with van der Waals surface area (Å²) in [6, 6.07) is 9.67. The topological polar surface area (TPSA) is 117 Å². The summed E-state index contributed by atoms with van der Waals surface area (Å²) >= 11 is 0. The number of allylic oxidation sites excluding steroid dienone is 3. The third-order valence-corrected chi connectivity index (χ3v) is 4.55. The molecule has 1 aromatic heterocycles. The van der Waals surface area contributed by atoms with Crippen molar-refractivity contribution >= 4 is 22.7 Å². The molecule has 0 fully saturated rings. The maximum atomic E-state index is 12.8. The molecule has 1 heterocycles. The Bertz CT molecular complexity index is 861. The van der Waals surface area contributed by atoms with E-state index in [4.69, 9.17) is 11.5 Å². The molecule has 7 N–H and O–H groups in total. The van der Waals surface area contributed by atoms with Gasteiger partial charge < -0.3 is 26.9 Å². The summed E-state index contributed by atoms with van der Waals surface area (Å²) in [6.45, 7) is 1.88. The number of aromatic nitrogens is 1. The van der Waals surface area contributed by atoms with Crippen LogP contribution in [0, 0.1) is 5.92 Å². The summed E-state index contributed by atoms with van der Waals surface area (Å²) in [6.07, 6.45) is 4.52. The molecule has 0 spiro atoms. The van der Waals surface area contributed by atoms with E-state index in [1.165, 1.54) is 0 Å². The fraction of sp³-hybridized carbons (Fsp3) is 0.250. The number of ketones is 1. The van der Waals surface area contributed by atoms with Crippen molar-refractivity contribution in [2.75, 3.05) is 11.9 Å². The summed E-state index contributed by atoms with van der Waals surface area (Å²) in [7, 11) is 0. The van der Waals surface area contributed by atoms with Gasteiger partial charge in [-0.15, -0.1) is 0 Å². The van der Waals surface area contributed by atoms with Crippen LogP contribution in [0.2, 0.25) is 0 Å². The zero-order valence-corrected chi connectivity index (χ0v) is 14.8. The Morgan fingerprint density at radius 1 is 1.31 bits per heavy atom. The van der Waals surface area contributed by atoms with E-state index >= 15 is 0 Å². The maximum absolute atomic E-state index is 12.8. The number of benzene rings is 1. The van der Waals surface area contributed by atoms with Crippen molar-refractivity contribution in [3.63, 3.8) is 0 Å². The highest BCUT2D eigenvalue weighted by Gasteiger charge is 2.31. The minimum atomic E-state index is -0.0600. The molecule has 0 amide bonds. The predicted molar refractivity (Wildman–Crippen MR) is 104 cm³/mol. The monoisotopic (exact) mass is 352 g/mol. The van der Waals surface area contributed by atoms with Gasteiger partial charge in [-0.3, -0.25) is 4.79 Å². The molecular weight excluding hydrogens is 328 g/mol. The van der Waals surface area contributed by atoms with Gasteiger partial charge in [-0.05, 0) is 43.0 Å². The zero-order valence-electron chi connectivity index (χ0n) is 14.8. The molecule has 1 atom stereocenters. The SMILES string of the molecule is C/C=C(\C=C(N)N)c1[nH]c2c(c1Nc1ccccc1)C(=O)CC(CO)C2. The van der Waals surface area contributed by atoms with Gasteiger partial charge in [0.25, 0.3) is 0 Å². The maximum Gasteiger partial charge on any atom is 0.167 e. The van der Waals surface area contributed by atoms with E-state index in [0.717, 1.165) is 28.3 Å². The number of carbonyl (C=O) groups excluding carboxylic acids is 1. The van der Waals surface area contributed by atoms with Crippen molar-refractivity contribution in [3.05, 3.63) is 65.3 Å². The van der Waals surface area contributed by atoms with Crippen molar-refractivity contribution in [2.24, 2.45) is 17.4 Å². The number of fused-ring (bicyclic) bond motifs is 1. The van der Waals surface area contributed by atoms with Crippen LogP contribution in [-0.2, 0) is 6.42 Å². The van der Waals surface area contributed by atoms with Gasteiger partial charge in [0.1, 0.15) is 0 Å². The predicted octanol–water partition coefficient (Wildman–Crippen LogP) is 2.66. The Morgan fingerprint density at radius 2 is 2.04 bits per heavy atom. The van der Waals surface area contributed by atoms with E-state index in [0.29, 0.717) is 18.4 Å². The Labute approximate surface area is 152 Å². The molecule has 26 heavy (non-hydrogen) atoms. The van der Waals surface area contributed by atoms with E-state index in [1.54, 1.807) is 6.08 Å². The first-order valence-electron chi connectivity index (χ1n) is 8.63. The first kappa shape index (κ1) is 17.8. The van der Waals surface area contributed by atoms with Crippen LogP contribution < -0.4 is 16.8 Å². The van der Waals surface area contributed by atoms with Gasteiger partial charge in [0.15, 0.2) is 5.78 Å². The van der Waals surface area contributed by atoms with E-state index in [1.807, 2.05) is 43.3 Å². The minimum absolute atomic E-state index is 0.00684. The van der Waals surface area contributed by atoms with Crippen LogP contribution >= 0.6 is 0 Å². The van der Waals surface area contributed by atoms with Crippen LogP contribution in [-0.4, -0.2) is 22.5 Å². The van der Waals surface area contributed by atoms with Crippen molar-refractivity contribution in [1.29, 1.82) is 0 Å². The molecule has 0 saturated carbocycles. The standard InChI is InChI=1S/C20H24N4O2/c1-2-13(10-17(21)22)19-20(23-14-6-4-3-5-7-14)18-15(24-19)8-12(11-25)9-16(18)26/h2-7,10,12,23-25H,8-9,11,21-22H2,1H3/b13-2+. The average Bonchev–Trinajstić information content (AvgIpc) is 2.99. The van der Waals surface area contributed by atoms with Gasteiger partial charge in [0.05, 0.1) is 22.8 Å². The smallest absolute Gasteiger partial charge is 0.167 e. The number of hydrogen-bond acceptors (Lipinski definition) is 5. The van der Waals surface area contributed by atoms with Crippen LogP contribution in [0.4, 0.5) is 11.4 Å². The number of Topliss-reactive ketones (excluding diaryl/α,β-unsaturated/α-hetero) is 1. The molecule has 3 rings (SSSR count). The third-order valence-electron chi connectivity index (χ3n) is 4.55. The number of nitrogens with one attached hydrogen (secondary N) is 2. The number of anilines is 2. The summed E-state index contributed by atoms with van der Waals surface area (Å²) in [5, 5.41) is 12.8. The Hall–Kier alpha value is -2.99. The third kappa shape index (κ3) is 3.50. The average molecular weight is 352 g/mol. The summed E-state index contributed by atoms with van der Waals surface area (Å²) in [5.41, 5.74) is 16.0. The quantitative estimate of drug-likeness (QED) is 0.530. The van der Waals surface area contributed by atoms with E-state index in [9.17, 15) is 9.90 Å². The van der Waals surface area contributed by atoms with Gasteiger partial charge in [-0.25, -0.2) is 0 Å². The second-order valence-corrected chi connectivity index (χ2v) is 6.49. The molecule has 0 bridgehead atoms. The van der Waals surface area contributed by atoms with Crippen LogP contribution in [0.5, 0.6) is 0 Å². The highest BCUT2D eigenvalue weighted by atomic mass is 16.3. The van der Waals surface area contributed by atoms with Crippen molar-refractivity contribution < 1.29 is 9.90 Å². The summed E-state index contributed by atoms with van der Waals surface area (Å²) in [4.78, 5) is 16.1. The Morgan fingerprint density at radius 3 is 2.65 bits per heavy atom. The molecule has 0 aliphatic heterocycles. The lowest BCUT2D eigenvalue weighted by molar-refractivity contribution is 0.0919.